The minimum absolute atomic E-state index is 0. The maximum Gasteiger partial charge on any atom is 0.0104 e. The van der Waals surface area contributed by atoms with Gasteiger partial charge in [0.1, 0.15) is 0 Å². The van der Waals surface area contributed by atoms with Gasteiger partial charge in [-0.2, -0.15) is 0 Å². The molecule has 0 heterocycles. The van der Waals surface area contributed by atoms with Crippen molar-refractivity contribution in [2.24, 2.45) is 5.73 Å². The Morgan fingerprint density at radius 3 is 2.00 bits per heavy atom. The van der Waals surface area contributed by atoms with Crippen molar-refractivity contribution in [1.29, 1.82) is 0 Å². The van der Waals surface area contributed by atoms with Crippen molar-refractivity contribution in [2.45, 2.75) is 0 Å². The molecule has 0 spiro atoms. The van der Waals surface area contributed by atoms with Gasteiger partial charge in [0, 0.05) is 16.4 Å². The Bertz CT molecular complexity index is 20.9. The lowest BCUT2D eigenvalue weighted by Gasteiger charge is -1.61. The first-order chi connectivity index (χ1) is 1.91. The minimum atomic E-state index is 0. The van der Waals surface area contributed by atoms with Crippen molar-refractivity contribution in [3.63, 3.8) is 0 Å². The van der Waals surface area contributed by atoms with E-state index in [1.165, 1.54) is 0 Å². The van der Waals surface area contributed by atoms with E-state index in [2.05, 4.69) is 6.58 Å². The van der Waals surface area contributed by atoms with Gasteiger partial charge in [-0.05, 0) is 0 Å². The lowest BCUT2D eigenvalue weighted by molar-refractivity contribution is 1.26. The largest absolute Gasteiger partial charge is 0.327 e. The van der Waals surface area contributed by atoms with Crippen LogP contribution in [-0.2, 0) is 0 Å². The zero-order valence-electron chi connectivity index (χ0n) is 3.02. The van der Waals surface area contributed by atoms with Gasteiger partial charge in [-0.15, -0.1) is 6.58 Å². The van der Waals surface area contributed by atoms with Crippen molar-refractivity contribution >= 4 is 9.90 Å². The van der Waals surface area contributed by atoms with Gasteiger partial charge in [0.05, 0.1) is 0 Å². The molecule has 1 nitrogen and oxygen atoms in total. The molecule has 0 aliphatic heterocycles. The molecule has 0 rings (SSSR count). The van der Waals surface area contributed by atoms with Crippen molar-refractivity contribution in [3.05, 3.63) is 12.7 Å². The van der Waals surface area contributed by atoms with Gasteiger partial charge in [-0.1, -0.05) is 6.08 Å². The molecule has 0 fully saturated rings. The predicted octanol–water partition coefficient (Wildman–Crippen LogP) is 0.992. The lowest BCUT2D eigenvalue weighted by atomic mass is 10.7. The molecular formula is C3H7NP. The molecule has 0 unspecified atom stereocenters. The molecule has 2 N–H and O–H groups in total. The van der Waals surface area contributed by atoms with Gasteiger partial charge < -0.3 is 5.73 Å². The van der Waals surface area contributed by atoms with Crippen LogP contribution in [0.25, 0.3) is 0 Å². The Morgan fingerprint density at radius 2 is 2.00 bits per heavy atom. The molecule has 29 valence electrons. The van der Waals surface area contributed by atoms with Crippen LogP contribution in [0, 0.1) is 0 Å². The maximum atomic E-state index is 4.91. The fraction of sp³-hybridized carbons (Fsp3) is 0.333. The van der Waals surface area contributed by atoms with E-state index in [0.717, 1.165) is 0 Å². The summed E-state index contributed by atoms with van der Waals surface area (Å²) in [4.78, 5) is 0. The Balaban J connectivity index is 0. The van der Waals surface area contributed by atoms with Gasteiger partial charge >= 0.3 is 0 Å². The van der Waals surface area contributed by atoms with E-state index < -0.39 is 0 Å². The van der Waals surface area contributed by atoms with Gasteiger partial charge in [0.15, 0.2) is 0 Å². The van der Waals surface area contributed by atoms with Crippen LogP contribution in [0.1, 0.15) is 0 Å². The normalized spacial score (nSPS) is 5.00. The third-order valence-electron chi connectivity index (χ3n) is 0.167. The van der Waals surface area contributed by atoms with Crippen LogP contribution in [0.4, 0.5) is 0 Å². The molecule has 0 aromatic rings. The highest BCUT2D eigenvalue weighted by molar-refractivity contribution is 6.92. The highest BCUT2D eigenvalue weighted by Gasteiger charge is 1.43. The molecule has 0 bridgehead atoms. The molecule has 0 saturated carbocycles. The Labute approximate surface area is 35.9 Å². The summed E-state index contributed by atoms with van der Waals surface area (Å²) in [5, 5.41) is 0. The summed E-state index contributed by atoms with van der Waals surface area (Å²) in [6.07, 6.45) is 1.65. The fourth-order valence-electron chi connectivity index (χ4n) is 0. The summed E-state index contributed by atoms with van der Waals surface area (Å²) in [6.45, 7) is 3.94. The highest BCUT2D eigenvalue weighted by atomic mass is 31.0. The average Bonchev–Trinajstić information content (AvgIpc) is 1.37. The zero-order valence-corrected chi connectivity index (χ0v) is 3.91. The smallest absolute Gasteiger partial charge is 0.0104 e. The Hall–Kier alpha value is 0.130. The first-order valence-electron chi connectivity index (χ1n) is 1.22. The number of hydrogen-bond acceptors (Lipinski definition) is 1. The summed E-state index contributed by atoms with van der Waals surface area (Å²) in [7, 11) is 0. The van der Waals surface area contributed by atoms with Crippen LogP contribution in [0.2, 0.25) is 0 Å². The molecule has 0 atom stereocenters. The monoisotopic (exact) mass is 88.0 g/mol. The summed E-state index contributed by atoms with van der Waals surface area (Å²) >= 11 is 0. The van der Waals surface area contributed by atoms with Crippen LogP contribution in [-0.4, -0.2) is 6.54 Å². The van der Waals surface area contributed by atoms with E-state index in [1.54, 1.807) is 6.08 Å². The second-order valence-corrected chi connectivity index (χ2v) is 0.524. The van der Waals surface area contributed by atoms with Gasteiger partial charge in [0.25, 0.3) is 0 Å². The molecular weight excluding hydrogens is 81.0 g/mol. The molecule has 5 heavy (non-hydrogen) atoms. The molecule has 0 aliphatic carbocycles. The van der Waals surface area contributed by atoms with Gasteiger partial charge in [-0.25, -0.2) is 0 Å². The van der Waals surface area contributed by atoms with Crippen LogP contribution in [0.5, 0.6) is 0 Å². The van der Waals surface area contributed by atoms with E-state index in [1.807, 2.05) is 0 Å². The van der Waals surface area contributed by atoms with Gasteiger partial charge in [-0.3, -0.25) is 0 Å². The molecule has 0 saturated heterocycles. The highest BCUT2D eigenvalue weighted by Crippen LogP contribution is 1.40. The second-order valence-electron chi connectivity index (χ2n) is 0.524. The van der Waals surface area contributed by atoms with Crippen LogP contribution >= 0.6 is 9.90 Å². The van der Waals surface area contributed by atoms with E-state index in [4.69, 9.17) is 5.73 Å². The van der Waals surface area contributed by atoms with Crippen molar-refractivity contribution in [3.8, 4) is 0 Å². The number of hydrogen-bond donors (Lipinski definition) is 1. The predicted molar refractivity (Wildman–Crippen MR) is 26.2 cm³/mol. The third-order valence-corrected chi connectivity index (χ3v) is 0.167. The van der Waals surface area contributed by atoms with E-state index in [9.17, 15) is 0 Å². The van der Waals surface area contributed by atoms with Crippen molar-refractivity contribution < 1.29 is 0 Å². The molecule has 0 aromatic carbocycles. The minimum Gasteiger partial charge on any atom is -0.327 e. The fourth-order valence-corrected chi connectivity index (χ4v) is 0. The van der Waals surface area contributed by atoms with Crippen LogP contribution in [0.3, 0.4) is 0 Å². The van der Waals surface area contributed by atoms with Gasteiger partial charge in [0.2, 0.25) is 0 Å². The average molecular weight is 88.1 g/mol. The summed E-state index contributed by atoms with van der Waals surface area (Å²) in [6, 6.07) is 0. The molecule has 0 aromatic heterocycles. The van der Waals surface area contributed by atoms with Crippen LogP contribution < -0.4 is 5.73 Å². The third kappa shape index (κ3) is 14.7. The molecule has 0 amide bonds. The van der Waals surface area contributed by atoms with E-state index >= 15 is 0 Å². The standard InChI is InChI=1S/C3H7N.P/c1-2-3-4;/h2H,1,3-4H2;. The number of nitrogens with two attached hydrogens (primary N) is 1. The SMILES string of the molecule is C=CCN.[P]. The summed E-state index contributed by atoms with van der Waals surface area (Å²) < 4.78 is 0. The first kappa shape index (κ1) is 8.93. The quantitative estimate of drug-likeness (QED) is 0.375. The summed E-state index contributed by atoms with van der Waals surface area (Å²) in [5.41, 5.74) is 4.91. The topological polar surface area (TPSA) is 26.0 Å². The lowest BCUT2D eigenvalue weighted by Crippen LogP contribution is -1.90. The molecule has 0 aliphatic rings. The zero-order chi connectivity index (χ0) is 3.41. The maximum absolute atomic E-state index is 4.91. The van der Waals surface area contributed by atoms with E-state index in [-0.39, 0.29) is 9.90 Å². The molecule has 3 radical (unpaired) electrons. The van der Waals surface area contributed by atoms with Crippen molar-refractivity contribution in [2.75, 3.05) is 6.54 Å². The Morgan fingerprint density at radius 1 is 1.80 bits per heavy atom. The first-order valence-corrected chi connectivity index (χ1v) is 1.22. The van der Waals surface area contributed by atoms with Crippen molar-refractivity contribution in [1.82, 2.24) is 0 Å². The number of rotatable bonds is 1. The molecule has 2 heteroatoms. The van der Waals surface area contributed by atoms with Crippen LogP contribution in [0.15, 0.2) is 12.7 Å². The van der Waals surface area contributed by atoms with E-state index in [0.29, 0.717) is 6.54 Å². The summed E-state index contributed by atoms with van der Waals surface area (Å²) in [5.74, 6) is 0. The second kappa shape index (κ2) is 8.92. The Kier molecular flexibility index (Phi) is 15.9.